The average Bonchev–Trinajstić information content (AvgIpc) is 2.88. The summed E-state index contributed by atoms with van der Waals surface area (Å²) in [6.07, 6.45) is 4.29. The largest absolute Gasteiger partial charge is 0.493 e. The van der Waals surface area contributed by atoms with Gasteiger partial charge in [0, 0.05) is 6.08 Å². The van der Waals surface area contributed by atoms with Gasteiger partial charge in [0.1, 0.15) is 0 Å². The Labute approximate surface area is 203 Å². The highest BCUT2D eigenvalue weighted by Gasteiger charge is 2.14. The zero-order valence-electron chi connectivity index (χ0n) is 18.7. The summed E-state index contributed by atoms with van der Waals surface area (Å²) >= 11 is 0. The number of esters is 1. The van der Waals surface area contributed by atoms with Gasteiger partial charge < -0.3 is 9.47 Å². The van der Waals surface area contributed by atoms with Crippen LogP contribution in [0.5, 0.6) is 11.5 Å². The van der Waals surface area contributed by atoms with Crippen LogP contribution in [0.25, 0.3) is 6.08 Å². The molecule has 3 aromatic carbocycles. The van der Waals surface area contributed by atoms with E-state index in [0.717, 1.165) is 5.56 Å². The van der Waals surface area contributed by atoms with Crippen molar-refractivity contribution in [2.45, 2.75) is 4.90 Å². The minimum atomic E-state index is -3.80. The monoisotopic (exact) mass is 493 g/mol. The molecule has 0 unspecified atom stereocenters. The topological polar surface area (TPSA) is 123 Å². The smallest absolute Gasteiger partial charge is 0.336 e. The first-order chi connectivity index (χ1) is 16.9. The van der Waals surface area contributed by atoms with Crippen LogP contribution in [0.1, 0.15) is 11.1 Å². The van der Waals surface area contributed by atoms with Gasteiger partial charge >= 0.3 is 5.97 Å². The van der Waals surface area contributed by atoms with E-state index in [1.54, 1.807) is 36.4 Å². The third kappa shape index (κ3) is 7.91. The second kappa shape index (κ2) is 12.3. The summed E-state index contributed by atoms with van der Waals surface area (Å²) in [5.74, 6) is -0.716. The fourth-order valence-corrected chi connectivity index (χ4v) is 3.78. The van der Waals surface area contributed by atoms with Crippen molar-refractivity contribution >= 4 is 34.2 Å². The van der Waals surface area contributed by atoms with E-state index >= 15 is 0 Å². The molecule has 0 aliphatic rings. The van der Waals surface area contributed by atoms with Crippen molar-refractivity contribution in [2.75, 3.05) is 13.7 Å². The molecule has 2 N–H and O–H groups in total. The van der Waals surface area contributed by atoms with Crippen LogP contribution in [0.3, 0.4) is 0 Å². The molecule has 3 rings (SSSR count). The number of ether oxygens (including phenoxy) is 2. The molecule has 0 atom stereocenters. The van der Waals surface area contributed by atoms with Gasteiger partial charge in [0.05, 0.1) is 24.8 Å². The Kier molecular flexibility index (Phi) is 8.88. The van der Waals surface area contributed by atoms with Crippen LogP contribution in [-0.2, 0) is 19.6 Å². The lowest BCUT2D eigenvalue weighted by molar-refractivity contribution is -0.129. The molecule has 3 aromatic rings. The molecule has 0 aliphatic carbocycles. The maximum absolute atomic E-state index is 12.1. The molecule has 0 bridgehead atoms. The number of amides is 1. The number of hydrogen-bond donors (Lipinski definition) is 2. The molecule has 0 fully saturated rings. The number of hydrazone groups is 1. The van der Waals surface area contributed by atoms with Crippen LogP contribution in [0.15, 0.2) is 94.9 Å². The van der Waals surface area contributed by atoms with Crippen molar-refractivity contribution in [3.05, 3.63) is 96.1 Å². The van der Waals surface area contributed by atoms with Gasteiger partial charge in [0.2, 0.25) is 10.0 Å². The van der Waals surface area contributed by atoms with Crippen LogP contribution in [-0.4, -0.2) is 40.2 Å². The summed E-state index contributed by atoms with van der Waals surface area (Å²) in [7, 11) is -2.38. The first kappa shape index (κ1) is 25.3. The molecular formula is C25H23N3O6S. The Morgan fingerprint density at radius 2 is 1.60 bits per heavy atom. The fourth-order valence-electron chi connectivity index (χ4n) is 2.78. The molecular weight excluding hydrogens is 470 g/mol. The summed E-state index contributed by atoms with van der Waals surface area (Å²) in [6, 6.07) is 21.7. The highest BCUT2D eigenvalue weighted by Crippen LogP contribution is 2.27. The molecule has 1 amide bonds. The first-order valence-electron chi connectivity index (χ1n) is 10.4. The summed E-state index contributed by atoms with van der Waals surface area (Å²) in [6.45, 7) is -0.483. The second-order valence-electron chi connectivity index (χ2n) is 7.01. The molecule has 0 saturated carbocycles. The minimum Gasteiger partial charge on any atom is -0.493 e. The molecule has 0 spiro atoms. The van der Waals surface area contributed by atoms with Gasteiger partial charge in [-0.25, -0.2) is 23.4 Å². The molecule has 35 heavy (non-hydrogen) atoms. The number of benzene rings is 3. The highest BCUT2D eigenvalue weighted by molar-refractivity contribution is 7.89. The van der Waals surface area contributed by atoms with Gasteiger partial charge in [0.25, 0.3) is 5.91 Å². The zero-order valence-corrected chi connectivity index (χ0v) is 19.6. The molecule has 0 radical (unpaired) electrons. The van der Waals surface area contributed by atoms with E-state index in [-0.39, 0.29) is 16.4 Å². The molecule has 180 valence electrons. The van der Waals surface area contributed by atoms with Crippen molar-refractivity contribution in [1.82, 2.24) is 10.1 Å². The number of sulfonamides is 1. The van der Waals surface area contributed by atoms with Crippen LogP contribution >= 0.6 is 0 Å². The predicted octanol–water partition coefficient (Wildman–Crippen LogP) is 2.74. The maximum atomic E-state index is 12.1. The SMILES string of the molecule is COc1cc(/C=N/NC(=O)CNS(=O)(=O)c2ccccc2)ccc1OC(=O)/C=C/c1ccccc1. The lowest BCUT2D eigenvalue weighted by atomic mass is 10.2. The number of rotatable bonds is 10. The molecule has 10 heteroatoms. The molecule has 0 aliphatic heterocycles. The molecule has 0 aromatic heterocycles. The third-order valence-electron chi connectivity index (χ3n) is 4.49. The van der Waals surface area contributed by atoms with Gasteiger partial charge in [-0.1, -0.05) is 48.5 Å². The molecule has 0 heterocycles. The fraction of sp³-hybridized carbons (Fsp3) is 0.0800. The standard InChI is InChI=1S/C25H23N3O6S/c1-33-23-16-20(12-14-22(23)34-25(30)15-13-19-8-4-2-5-9-19)17-26-28-24(29)18-27-35(31,32)21-10-6-3-7-11-21/h2-17,27H,18H2,1H3,(H,28,29)/b15-13+,26-17+. The lowest BCUT2D eigenvalue weighted by Crippen LogP contribution is -2.34. The van der Waals surface area contributed by atoms with E-state index in [0.29, 0.717) is 5.56 Å². The van der Waals surface area contributed by atoms with Gasteiger partial charge in [-0.05, 0) is 47.5 Å². The van der Waals surface area contributed by atoms with Crippen molar-refractivity contribution < 1.29 is 27.5 Å². The zero-order chi connectivity index (χ0) is 25.1. The Balaban J connectivity index is 1.53. The Morgan fingerprint density at radius 3 is 2.29 bits per heavy atom. The van der Waals surface area contributed by atoms with Crippen molar-refractivity contribution in [3.8, 4) is 11.5 Å². The van der Waals surface area contributed by atoms with Gasteiger partial charge in [0.15, 0.2) is 11.5 Å². The lowest BCUT2D eigenvalue weighted by Gasteiger charge is -2.08. The minimum absolute atomic E-state index is 0.0553. The van der Waals surface area contributed by atoms with E-state index < -0.39 is 28.4 Å². The normalized spacial score (nSPS) is 11.5. The molecule has 9 nitrogen and oxygen atoms in total. The van der Waals surface area contributed by atoms with E-state index in [9.17, 15) is 18.0 Å². The second-order valence-corrected chi connectivity index (χ2v) is 8.77. The van der Waals surface area contributed by atoms with Gasteiger partial charge in [-0.2, -0.15) is 5.10 Å². The van der Waals surface area contributed by atoms with Crippen LogP contribution in [0.4, 0.5) is 0 Å². The Bertz CT molecular complexity index is 1320. The number of nitrogens with zero attached hydrogens (tertiary/aromatic N) is 1. The van der Waals surface area contributed by atoms with Crippen LogP contribution in [0.2, 0.25) is 0 Å². The Morgan fingerprint density at radius 1 is 0.914 bits per heavy atom. The maximum Gasteiger partial charge on any atom is 0.336 e. The Hall–Kier alpha value is -4.28. The first-order valence-corrected chi connectivity index (χ1v) is 11.9. The quantitative estimate of drug-likeness (QED) is 0.147. The van der Waals surface area contributed by atoms with Gasteiger partial charge in [-0.15, -0.1) is 0 Å². The summed E-state index contributed by atoms with van der Waals surface area (Å²) in [4.78, 5) is 24.1. The summed E-state index contributed by atoms with van der Waals surface area (Å²) in [5.41, 5.74) is 3.65. The third-order valence-corrected chi connectivity index (χ3v) is 5.91. The molecule has 0 saturated heterocycles. The van der Waals surface area contributed by atoms with E-state index in [2.05, 4.69) is 15.2 Å². The summed E-state index contributed by atoms with van der Waals surface area (Å²) in [5, 5.41) is 3.81. The van der Waals surface area contributed by atoms with Gasteiger partial charge in [-0.3, -0.25) is 4.79 Å². The average molecular weight is 494 g/mol. The van der Waals surface area contributed by atoms with E-state index in [4.69, 9.17) is 9.47 Å². The van der Waals surface area contributed by atoms with Crippen molar-refractivity contribution in [2.24, 2.45) is 5.10 Å². The number of carbonyl (C=O) groups is 2. The van der Waals surface area contributed by atoms with Crippen LogP contribution < -0.4 is 19.6 Å². The number of nitrogens with one attached hydrogen (secondary N) is 2. The number of methoxy groups -OCH3 is 1. The summed E-state index contributed by atoms with van der Waals surface area (Å²) < 4.78 is 37.1. The van der Waals surface area contributed by atoms with Crippen LogP contribution in [0, 0.1) is 0 Å². The van der Waals surface area contributed by atoms with E-state index in [1.165, 1.54) is 37.6 Å². The van der Waals surface area contributed by atoms with E-state index in [1.807, 2.05) is 30.3 Å². The predicted molar refractivity (Wildman–Crippen MR) is 131 cm³/mol. The number of carbonyl (C=O) groups excluding carboxylic acids is 2. The number of hydrogen-bond acceptors (Lipinski definition) is 7. The van der Waals surface area contributed by atoms with Crippen molar-refractivity contribution in [3.63, 3.8) is 0 Å². The highest BCUT2D eigenvalue weighted by atomic mass is 32.2. The van der Waals surface area contributed by atoms with Crippen molar-refractivity contribution in [1.29, 1.82) is 0 Å².